The molecule has 5 rings (SSSR count). The van der Waals surface area contributed by atoms with Crippen LogP contribution in [0.25, 0.3) is 10.9 Å². The summed E-state index contributed by atoms with van der Waals surface area (Å²) >= 11 is 7.70. The van der Waals surface area contributed by atoms with Gasteiger partial charge in [0.2, 0.25) is 0 Å². The molecule has 34 heavy (non-hydrogen) atoms. The minimum Gasteiger partial charge on any atom is -0.382 e. The summed E-state index contributed by atoms with van der Waals surface area (Å²) in [5.41, 5.74) is 1.03. The van der Waals surface area contributed by atoms with Gasteiger partial charge < -0.3 is 10.6 Å². The van der Waals surface area contributed by atoms with E-state index in [0.29, 0.717) is 16.1 Å². The Labute approximate surface area is 204 Å². The number of halogens is 4. The highest BCUT2D eigenvalue weighted by molar-refractivity contribution is 7.14. The fourth-order valence-electron chi connectivity index (χ4n) is 4.92. The Morgan fingerprint density at radius 3 is 2.50 bits per heavy atom. The Morgan fingerprint density at radius 1 is 1.03 bits per heavy atom. The molecule has 0 atom stereocenters. The maximum Gasteiger partial charge on any atom is 0.433 e. The average molecular weight is 508 g/mol. The second-order valence-electron chi connectivity index (χ2n) is 9.15. The lowest BCUT2D eigenvalue weighted by molar-refractivity contribution is -0.140. The molecule has 1 fully saturated rings. The van der Waals surface area contributed by atoms with E-state index in [0.717, 1.165) is 49.5 Å². The van der Waals surface area contributed by atoms with E-state index in [-0.39, 0.29) is 23.5 Å². The molecule has 0 aliphatic heterocycles. The SMILES string of the molecule is O=C(NC1CCC(Nc2cc(C(F)(F)F)nc3ccc(Cl)cc23)CC1)c1cc2c(s1)CCCC2. The highest BCUT2D eigenvalue weighted by atomic mass is 35.5. The third-order valence-corrected chi connectivity index (χ3v) is 8.17. The molecule has 2 aliphatic carbocycles. The molecule has 0 bridgehead atoms. The number of alkyl halides is 3. The molecule has 1 aromatic carbocycles. The molecule has 2 aliphatic rings. The fraction of sp³-hybridized carbons (Fsp3) is 0.440. The van der Waals surface area contributed by atoms with Crippen LogP contribution in [0, 0.1) is 0 Å². The number of carbonyl (C=O) groups is 1. The minimum absolute atomic E-state index is 0.00729. The Balaban J connectivity index is 1.24. The van der Waals surface area contributed by atoms with Gasteiger partial charge in [0, 0.05) is 33.1 Å². The molecule has 2 aromatic heterocycles. The van der Waals surface area contributed by atoms with Crippen LogP contribution in [-0.4, -0.2) is 23.0 Å². The average Bonchev–Trinajstić information content (AvgIpc) is 3.24. The fourth-order valence-corrected chi connectivity index (χ4v) is 6.25. The zero-order valence-electron chi connectivity index (χ0n) is 18.5. The van der Waals surface area contributed by atoms with Crippen molar-refractivity contribution in [1.29, 1.82) is 0 Å². The third kappa shape index (κ3) is 5.03. The molecule has 3 aromatic rings. The molecule has 9 heteroatoms. The van der Waals surface area contributed by atoms with Gasteiger partial charge in [-0.15, -0.1) is 11.3 Å². The molecule has 0 spiro atoms. The van der Waals surface area contributed by atoms with Gasteiger partial charge in [0.15, 0.2) is 0 Å². The van der Waals surface area contributed by atoms with Crippen molar-refractivity contribution < 1.29 is 18.0 Å². The van der Waals surface area contributed by atoms with E-state index in [4.69, 9.17) is 11.6 Å². The highest BCUT2D eigenvalue weighted by Crippen LogP contribution is 2.35. The molecule has 2 N–H and O–H groups in total. The topological polar surface area (TPSA) is 54.0 Å². The number of pyridine rings is 1. The van der Waals surface area contributed by atoms with Crippen LogP contribution in [0.5, 0.6) is 0 Å². The summed E-state index contributed by atoms with van der Waals surface area (Å²) in [7, 11) is 0. The Kier molecular flexibility index (Phi) is 6.46. The number of hydrogen-bond acceptors (Lipinski definition) is 4. The number of carbonyl (C=O) groups excluding carboxylic acids is 1. The predicted octanol–water partition coefficient (Wildman–Crippen LogP) is 7.00. The first kappa shape index (κ1) is 23.4. The van der Waals surface area contributed by atoms with E-state index >= 15 is 0 Å². The molecule has 2 heterocycles. The normalized spacial score (nSPS) is 20.7. The smallest absolute Gasteiger partial charge is 0.382 e. The van der Waals surface area contributed by atoms with Crippen LogP contribution in [-0.2, 0) is 19.0 Å². The summed E-state index contributed by atoms with van der Waals surface area (Å²) in [5, 5.41) is 7.47. The van der Waals surface area contributed by atoms with Gasteiger partial charge in [0.1, 0.15) is 5.69 Å². The number of nitrogens with zero attached hydrogens (tertiary/aromatic N) is 1. The number of fused-ring (bicyclic) bond motifs is 2. The lowest BCUT2D eigenvalue weighted by atomic mass is 9.90. The van der Waals surface area contributed by atoms with Gasteiger partial charge >= 0.3 is 6.18 Å². The lowest BCUT2D eigenvalue weighted by Gasteiger charge is -2.30. The van der Waals surface area contributed by atoms with Crippen LogP contribution in [0.15, 0.2) is 30.3 Å². The molecule has 180 valence electrons. The zero-order chi connectivity index (χ0) is 23.9. The number of thiophene rings is 1. The third-order valence-electron chi connectivity index (χ3n) is 6.70. The van der Waals surface area contributed by atoms with Crippen LogP contribution in [0.2, 0.25) is 5.02 Å². The van der Waals surface area contributed by atoms with Crippen LogP contribution in [0.1, 0.15) is 64.3 Å². The first-order valence-corrected chi connectivity index (χ1v) is 12.8. The van der Waals surface area contributed by atoms with E-state index in [2.05, 4.69) is 15.6 Å². The standard InChI is InChI=1S/C25H25ClF3N3OS/c26-15-5-10-19-18(12-15)20(13-23(32-19)25(27,28)29)30-16-6-8-17(9-7-16)31-24(33)22-11-14-3-1-2-4-21(14)34-22/h5,10-13,16-17H,1-4,6-9H2,(H,30,32)(H,31,33). The summed E-state index contributed by atoms with van der Waals surface area (Å²) < 4.78 is 40.2. The number of aryl methyl sites for hydroxylation is 2. The van der Waals surface area contributed by atoms with E-state index < -0.39 is 11.9 Å². The molecule has 0 unspecified atom stereocenters. The van der Waals surface area contributed by atoms with E-state index in [1.165, 1.54) is 29.3 Å². The second kappa shape index (κ2) is 9.38. The molecular formula is C25H25ClF3N3OS. The van der Waals surface area contributed by atoms with Gasteiger partial charge in [0.25, 0.3) is 5.91 Å². The number of anilines is 1. The number of rotatable bonds is 4. The molecule has 0 saturated heterocycles. The lowest BCUT2D eigenvalue weighted by Crippen LogP contribution is -2.40. The van der Waals surface area contributed by atoms with Crippen LogP contribution in [0.3, 0.4) is 0 Å². The van der Waals surface area contributed by atoms with Crippen LogP contribution >= 0.6 is 22.9 Å². The van der Waals surface area contributed by atoms with Crippen molar-refractivity contribution in [3.8, 4) is 0 Å². The number of benzene rings is 1. The predicted molar refractivity (Wildman–Crippen MR) is 130 cm³/mol. The van der Waals surface area contributed by atoms with Gasteiger partial charge in [-0.25, -0.2) is 4.98 Å². The first-order chi connectivity index (χ1) is 16.3. The maximum atomic E-state index is 13.4. The Morgan fingerprint density at radius 2 is 1.76 bits per heavy atom. The molecule has 0 radical (unpaired) electrons. The van der Waals surface area contributed by atoms with E-state index in [9.17, 15) is 18.0 Å². The van der Waals surface area contributed by atoms with Gasteiger partial charge in [-0.1, -0.05) is 11.6 Å². The molecule has 4 nitrogen and oxygen atoms in total. The number of nitrogens with one attached hydrogen (secondary N) is 2. The van der Waals surface area contributed by atoms with Gasteiger partial charge in [-0.2, -0.15) is 13.2 Å². The summed E-state index contributed by atoms with van der Waals surface area (Å²) in [6.07, 6.45) is 2.99. The van der Waals surface area contributed by atoms with E-state index in [1.807, 2.05) is 6.07 Å². The Bertz CT molecular complexity index is 1190. The molecule has 1 amide bonds. The summed E-state index contributed by atoms with van der Waals surface area (Å²) in [4.78, 5) is 18.7. The largest absolute Gasteiger partial charge is 0.433 e. The number of amides is 1. The van der Waals surface area contributed by atoms with E-state index in [1.54, 1.807) is 23.5 Å². The summed E-state index contributed by atoms with van der Waals surface area (Å²) in [5.74, 6) is -0.0135. The van der Waals surface area contributed by atoms with Crippen molar-refractivity contribution in [3.05, 3.63) is 56.4 Å². The van der Waals surface area contributed by atoms with Gasteiger partial charge in [-0.3, -0.25) is 4.79 Å². The maximum absolute atomic E-state index is 13.4. The zero-order valence-corrected chi connectivity index (χ0v) is 20.0. The number of hydrogen-bond donors (Lipinski definition) is 2. The van der Waals surface area contributed by atoms with Crippen LogP contribution in [0.4, 0.5) is 18.9 Å². The monoisotopic (exact) mass is 507 g/mol. The second-order valence-corrected chi connectivity index (χ2v) is 10.7. The minimum atomic E-state index is -4.53. The van der Waals surface area contributed by atoms with Crippen molar-refractivity contribution in [2.24, 2.45) is 0 Å². The first-order valence-electron chi connectivity index (χ1n) is 11.6. The summed E-state index contributed by atoms with van der Waals surface area (Å²) in [6, 6.07) is 7.86. The molecule has 1 saturated carbocycles. The Hall–Kier alpha value is -2.32. The summed E-state index contributed by atoms with van der Waals surface area (Å²) in [6.45, 7) is 0. The van der Waals surface area contributed by atoms with Crippen molar-refractivity contribution in [2.75, 3.05) is 5.32 Å². The van der Waals surface area contributed by atoms with Gasteiger partial charge in [0.05, 0.1) is 10.4 Å². The van der Waals surface area contributed by atoms with Crippen molar-refractivity contribution in [3.63, 3.8) is 0 Å². The highest BCUT2D eigenvalue weighted by Gasteiger charge is 2.34. The quantitative estimate of drug-likeness (QED) is 0.399. The molecular weight excluding hydrogens is 483 g/mol. The van der Waals surface area contributed by atoms with Crippen molar-refractivity contribution >= 4 is 45.4 Å². The van der Waals surface area contributed by atoms with Gasteiger partial charge in [-0.05, 0) is 87.3 Å². The van der Waals surface area contributed by atoms with Crippen LogP contribution < -0.4 is 10.6 Å². The van der Waals surface area contributed by atoms with Crippen molar-refractivity contribution in [1.82, 2.24) is 10.3 Å². The number of aromatic nitrogens is 1. The van der Waals surface area contributed by atoms with Crippen molar-refractivity contribution in [2.45, 2.75) is 69.6 Å².